The van der Waals surface area contributed by atoms with E-state index in [-0.39, 0.29) is 5.78 Å². The molecule has 0 aliphatic carbocycles. The summed E-state index contributed by atoms with van der Waals surface area (Å²) in [6.45, 7) is 5.24. The predicted molar refractivity (Wildman–Crippen MR) is 85.9 cm³/mol. The molecule has 0 bridgehead atoms. The van der Waals surface area contributed by atoms with Gasteiger partial charge in [-0.15, -0.1) is 11.3 Å². The molecule has 0 amide bonds. The molecule has 1 heterocycles. The van der Waals surface area contributed by atoms with Crippen LogP contribution < -0.4 is 0 Å². The van der Waals surface area contributed by atoms with Crippen molar-refractivity contribution in [1.82, 2.24) is 4.90 Å². The highest BCUT2D eigenvalue weighted by Gasteiger charge is 2.11. The number of hydrogen-bond acceptors (Lipinski definition) is 3. The average molecular weight is 308 g/mol. The van der Waals surface area contributed by atoms with E-state index in [1.165, 1.54) is 10.4 Å². The number of halogens is 1. The molecule has 2 rings (SSSR count). The number of likely N-dealkylation sites (N-methyl/N-ethyl adjacent to an activating group) is 1. The van der Waals surface area contributed by atoms with E-state index in [0.29, 0.717) is 6.54 Å². The largest absolute Gasteiger partial charge is 0.294 e. The number of carbonyl (C=O) groups is 1. The summed E-state index contributed by atoms with van der Waals surface area (Å²) in [7, 11) is 1.95. The van der Waals surface area contributed by atoms with Crippen LogP contribution in [0.25, 0.3) is 0 Å². The zero-order valence-electron chi connectivity index (χ0n) is 11.9. The van der Waals surface area contributed by atoms with Gasteiger partial charge >= 0.3 is 0 Å². The summed E-state index contributed by atoms with van der Waals surface area (Å²) in [6, 6.07) is 9.76. The second-order valence-electron chi connectivity index (χ2n) is 5.10. The SMILES string of the molecule is Cc1ccc(C(=O)CN(C)Cc2ccc(Cl)s2)cc1C. The minimum Gasteiger partial charge on any atom is -0.294 e. The molecule has 4 heteroatoms. The highest BCUT2D eigenvalue weighted by atomic mass is 35.5. The van der Waals surface area contributed by atoms with Crippen LogP contribution in [0.15, 0.2) is 30.3 Å². The Kier molecular flexibility index (Phi) is 4.97. The molecule has 0 N–H and O–H groups in total. The van der Waals surface area contributed by atoms with Gasteiger partial charge in [0, 0.05) is 17.0 Å². The van der Waals surface area contributed by atoms with Crippen molar-refractivity contribution < 1.29 is 4.79 Å². The minimum atomic E-state index is 0.151. The van der Waals surface area contributed by atoms with Crippen LogP contribution in [0.1, 0.15) is 26.4 Å². The fraction of sp³-hybridized carbons (Fsp3) is 0.312. The van der Waals surface area contributed by atoms with E-state index in [4.69, 9.17) is 11.6 Å². The number of carbonyl (C=O) groups excluding carboxylic acids is 1. The molecular formula is C16H18ClNOS. The molecule has 0 atom stereocenters. The number of aryl methyl sites for hydroxylation is 2. The molecule has 2 nitrogen and oxygen atoms in total. The van der Waals surface area contributed by atoms with Crippen LogP contribution in [0.3, 0.4) is 0 Å². The second kappa shape index (κ2) is 6.53. The van der Waals surface area contributed by atoms with Gasteiger partial charge in [0.25, 0.3) is 0 Å². The lowest BCUT2D eigenvalue weighted by Crippen LogP contribution is -2.25. The van der Waals surface area contributed by atoms with Crippen LogP contribution in [-0.2, 0) is 6.54 Å². The van der Waals surface area contributed by atoms with Crippen molar-refractivity contribution in [1.29, 1.82) is 0 Å². The zero-order chi connectivity index (χ0) is 14.7. The molecule has 1 aromatic carbocycles. The summed E-state index contributed by atoms with van der Waals surface area (Å²) in [5, 5.41) is 0. The van der Waals surface area contributed by atoms with E-state index in [2.05, 4.69) is 6.92 Å². The van der Waals surface area contributed by atoms with Gasteiger partial charge in [0.05, 0.1) is 10.9 Å². The van der Waals surface area contributed by atoms with Gasteiger partial charge in [0.1, 0.15) is 0 Å². The van der Waals surface area contributed by atoms with Crippen LogP contribution in [0.4, 0.5) is 0 Å². The Hall–Kier alpha value is -1.16. The van der Waals surface area contributed by atoms with E-state index in [9.17, 15) is 4.79 Å². The lowest BCUT2D eigenvalue weighted by atomic mass is 10.0. The van der Waals surface area contributed by atoms with E-state index < -0.39 is 0 Å². The highest BCUT2D eigenvalue weighted by molar-refractivity contribution is 7.16. The van der Waals surface area contributed by atoms with Gasteiger partial charge in [-0.1, -0.05) is 23.7 Å². The van der Waals surface area contributed by atoms with Crippen molar-refractivity contribution in [2.45, 2.75) is 20.4 Å². The van der Waals surface area contributed by atoms with Gasteiger partial charge < -0.3 is 0 Å². The lowest BCUT2D eigenvalue weighted by Gasteiger charge is -2.15. The molecule has 0 saturated heterocycles. The Morgan fingerprint density at radius 1 is 1.20 bits per heavy atom. The first-order chi connectivity index (χ1) is 9.45. The summed E-state index contributed by atoms with van der Waals surface area (Å²) < 4.78 is 0.786. The second-order valence-corrected chi connectivity index (χ2v) is 6.90. The molecule has 0 fully saturated rings. The van der Waals surface area contributed by atoms with Gasteiger partial charge in [0.2, 0.25) is 0 Å². The first kappa shape index (κ1) is 15.2. The monoisotopic (exact) mass is 307 g/mol. The average Bonchev–Trinajstić information content (AvgIpc) is 2.77. The molecule has 0 aliphatic rings. The van der Waals surface area contributed by atoms with Crippen molar-refractivity contribution in [2.24, 2.45) is 0 Å². The highest BCUT2D eigenvalue weighted by Crippen LogP contribution is 2.22. The third kappa shape index (κ3) is 3.92. The van der Waals surface area contributed by atoms with Crippen molar-refractivity contribution in [3.8, 4) is 0 Å². The Morgan fingerprint density at radius 2 is 1.95 bits per heavy atom. The third-order valence-electron chi connectivity index (χ3n) is 3.30. The van der Waals surface area contributed by atoms with Crippen molar-refractivity contribution >= 4 is 28.7 Å². The van der Waals surface area contributed by atoms with Gasteiger partial charge in [-0.25, -0.2) is 0 Å². The molecule has 106 valence electrons. The van der Waals surface area contributed by atoms with Crippen LogP contribution >= 0.6 is 22.9 Å². The molecular weight excluding hydrogens is 290 g/mol. The summed E-state index contributed by atoms with van der Waals surface area (Å²) in [4.78, 5) is 15.4. The summed E-state index contributed by atoms with van der Waals surface area (Å²) in [6.07, 6.45) is 0. The number of thiophene rings is 1. The quantitative estimate of drug-likeness (QED) is 0.766. The molecule has 2 aromatic rings. The van der Waals surface area contributed by atoms with Gasteiger partial charge in [-0.2, -0.15) is 0 Å². The lowest BCUT2D eigenvalue weighted by molar-refractivity contribution is 0.0943. The maximum Gasteiger partial charge on any atom is 0.176 e. The van der Waals surface area contributed by atoms with E-state index in [1.54, 1.807) is 11.3 Å². The molecule has 0 spiro atoms. The third-order valence-corrected chi connectivity index (χ3v) is 4.51. The summed E-state index contributed by atoms with van der Waals surface area (Å²) >= 11 is 7.47. The van der Waals surface area contributed by atoms with Crippen LogP contribution in [-0.4, -0.2) is 24.3 Å². The summed E-state index contributed by atoms with van der Waals surface area (Å²) in [5.41, 5.74) is 3.15. The molecule has 1 aromatic heterocycles. The number of Topliss-reactive ketones (excluding diaryl/α,β-unsaturated/α-hetero) is 1. The van der Waals surface area contributed by atoms with Crippen LogP contribution in [0.2, 0.25) is 4.34 Å². The van der Waals surface area contributed by atoms with Gasteiger partial charge in [0.15, 0.2) is 5.78 Å². The Bertz CT molecular complexity index is 621. The fourth-order valence-corrected chi connectivity index (χ4v) is 3.18. The summed E-state index contributed by atoms with van der Waals surface area (Å²) in [5.74, 6) is 0.151. The van der Waals surface area contributed by atoms with E-state index in [0.717, 1.165) is 22.0 Å². The Balaban J connectivity index is 1.98. The molecule has 20 heavy (non-hydrogen) atoms. The van der Waals surface area contributed by atoms with Crippen molar-refractivity contribution in [3.05, 3.63) is 56.2 Å². The van der Waals surface area contributed by atoms with Crippen LogP contribution in [0.5, 0.6) is 0 Å². The first-order valence-corrected chi connectivity index (χ1v) is 7.68. The van der Waals surface area contributed by atoms with Gasteiger partial charge in [-0.05, 0) is 50.2 Å². The number of hydrogen-bond donors (Lipinski definition) is 0. The Labute approximate surface area is 129 Å². The first-order valence-electron chi connectivity index (χ1n) is 6.49. The maximum absolute atomic E-state index is 12.2. The van der Waals surface area contributed by atoms with Crippen LogP contribution in [0, 0.1) is 13.8 Å². The molecule has 0 saturated carbocycles. The number of rotatable bonds is 5. The van der Waals surface area contributed by atoms with Gasteiger partial charge in [-0.3, -0.25) is 9.69 Å². The van der Waals surface area contributed by atoms with Crippen molar-refractivity contribution in [2.75, 3.05) is 13.6 Å². The Morgan fingerprint density at radius 3 is 2.55 bits per heavy atom. The van der Waals surface area contributed by atoms with E-state index in [1.807, 2.05) is 49.2 Å². The normalized spacial score (nSPS) is 11.1. The van der Waals surface area contributed by atoms with Crippen molar-refractivity contribution in [3.63, 3.8) is 0 Å². The minimum absolute atomic E-state index is 0.151. The maximum atomic E-state index is 12.2. The number of nitrogens with zero attached hydrogens (tertiary/aromatic N) is 1. The predicted octanol–water partition coefficient (Wildman–Crippen LogP) is 4.33. The topological polar surface area (TPSA) is 20.3 Å². The molecule has 0 radical (unpaired) electrons. The molecule has 0 aliphatic heterocycles. The molecule has 0 unspecified atom stereocenters. The zero-order valence-corrected chi connectivity index (χ0v) is 13.5. The fourth-order valence-electron chi connectivity index (χ4n) is 2.01. The number of benzene rings is 1. The van der Waals surface area contributed by atoms with E-state index >= 15 is 0 Å². The number of ketones is 1. The standard InChI is InChI=1S/C16H18ClNOS/c1-11-4-5-13(8-12(11)2)15(19)10-18(3)9-14-6-7-16(17)20-14/h4-8H,9-10H2,1-3H3. The smallest absolute Gasteiger partial charge is 0.176 e.